The van der Waals surface area contributed by atoms with Gasteiger partial charge in [-0.05, 0) is 37.4 Å². The van der Waals surface area contributed by atoms with Crippen LogP contribution in [0.3, 0.4) is 0 Å². The summed E-state index contributed by atoms with van der Waals surface area (Å²) in [5, 5.41) is 9.71. The molecule has 0 amide bonds. The molecule has 3 N–H and O–H groups in total. The minimum absolute atomic E-state index is 0.237. The molecule has 0 spiro atoms. The number of hydrogen-bond donors (Lipinski definition) is 2. The molecular formula is C11H15NO3. The molecule has 1 aliphatic rings. The summed E-state index contributed by atoms with van der Waals surface area (Å²) in [6.07, 6.45) is 2.76. The molecule has 2 rings (SSSR count). The number of fused-ring (bicyclic) bond motifs is 1. The molecule has 0 aliphatic carbocycles. The van der Waals surface area contributed by atoms with Crippen LogP contribution in [-0.4, -0.2) is 18.4 Å². The van der Waals surface area contributed by atoms with E-state index in [-0.39, 0.29) is 12.5 Å². The minimum Gasteiger partial charge on any atom is -0.508 e. The topological polar surface area (TPSA) is 64.7 Å². The number of benzene rings is 1. The quantitative estimate of drug-likeness (QED) is 0.736. The molecule has 0 bridgehead atoms. The predicted octanol–water partition coefficient (Wildman–Crippen LogP) is 1.40. The molecule has 82 valence electrons. The fraction of sp³-hybridized carbons (Fsp3) is 0.455. The van der Waals surface area contributed by atoms with Crippen LogP contribution >= 0.6 is 0 Å². The van der Waals surface area contributed by atoms with E-state index in [1.54, 1.807) is 6.07 Å². The Morgan fingerprint density at radius 3 is 2.67 bits per heavy atom. The normalized spacial score (nSPS) is 13.1. The highest BCUT2D eigenvalue weighted by molar-refractivity contribution is 5.51. The van der Waals surface area contributed by atoms with Crippen molar-refractivity contribution in [2.24, 2.45) is 5.73 Å². The van der Waals surface area contributed by atoms with Crippen molar-refractivity contribution >= 4 is 0 Å². The average Bonchev–Trinajstić information content (AvgIpc) is 2.65. The first-order chi connectivity index (χ1) is 7.31. The van der Waals surface area contributed by atoms with Gasteiger partial charge in [-0.25, -0.2) is 0 Å². The first-order valence-electron chi connectivity index (χ1n) is 5.13. The van der Waals surface area contributed by atoms with Gasteiger partial charge in [0.2, 0.25) is 6.79 Å². The summed E-state index contributed by atoms with van der Waals surface area (Å²) in [6, 6.07) is 3.45. The molecule has 0 atom stereocenters. The van der Waals surface area contributed by atoms with Crippen molar-refractivity contribution in [3.05, 3.63) is 17.7 Å². The van der Waals surface area contributed by atoms with Gasteiger partial charge in [0.15, 0.2) is 11.5 Å². The number of hydrogen-bond acceptors (Lipinski definition) is 4. The van der Waals surface area contributed by atoms with Crippen molar-refractivity contribution < 1.29 is 14.6 Å². The monoisotopic (exact) mass is 209 g/mol. The number of unbranched alkanes of at least 4 members (excludes halogenated alkanes) is 1. The highest BCUT2D eigenvalue weighted by Gasteiger charge is 2.16. The maximum Gasteiger partial charge on any atom is 0.231 e. The van der Waals surface area contributed by atoms with Gasteiger partial charge >= 0.3 is 0 Å². The molecule has 15 heavy (non-hydrogen) atoms. The van der Waals surface area contributed by atoms with Crippen LogP contribution in [0.4, 0.5) is 0 Å². The summed E-state index contributed by atoms with van der Waals surface area (Å²) in [7, 11) is 0. The van der Waals surface area contributed by atoms with Crippen molar-refractivity contribution in [1.29, 1.82) is 0 Å². The van der Waals surface area contributed by atoms with E-state index in [2.05, 4.69) is 0 Å². The first-order valence-corrected chi connectivity index (χ1v) is 5.13. The summed E-state index contributed by atoms with van der Waals surface area (Å²) in [5.74, 6) is 1.61. The fourth-order valence-corrected chi connectivity index (χ4v) is 1.63. The van der Waals surface area contributed by atoms with Crippen LogP contribution in [0.25, 0.3) is 0 Å². The lowest BCUT2D eigenvalue weighted by Gasteiger charge is -2.05. The Bertz CT molecular complexity index is 352. The van der Waals surface area contributed by atoms with Gasteiger partial charge < -0.3 is 20.3 Å². The maximum atomic E-state index is 9.71. The standard InChI is InChI=1S/C11H15NO3/c12-4-2-1-3-8-5-10-11(6-9(8)13)15-7-14-10/h5-6,13H,1-4,7,12H2. The third-order valence-electron chi connectivity index (χ3n) is 2.47. The molecule has 4 nitrogen and oxygen atoms in total. The molecule has 1 aromatic rings. The largest absolute Gasteiger partial charge is 0.508 e. The maximum absolute atomic E-state index is 9.71. The minimum atomic E-state index is 0.237. The lowest BCUT2D eigenvalue weighted by Crippen LogP contribution is -1.99. The van der Waals surface area contributed by atoms with Gasteiger partial charge in [-0.2, -0.15) is 0 Å². The number of ether oxygens (including phenoxy) is 2. The summed E-state index contributed by atoms with van der Waals surface area (Å²) in [5.41, 5.74) is 6.31. The number of phenolic OH excluding ortho intramolecular Hbond substituents is 1. The Kier molecular flexibility index (Phi) is 2.97. The Morgan fingerprint density at radius 1 is 1.20 bits per heavy atom. The van der Waals surface area contributed by atoms with E-state index in [0.717, 1.165) is 30.6 Å². The van der Waals surface area contributed by atoms with Gasteiger partial charge in [0.05, 0.1) is 0 Å². The fourth-order valence-electron chi connectivity index (χ4n) is 1.63. The second kappa shape index (κ2) is 4.40. The second-order valence-electron chi connectivity index (χ2n) is 3.58. The molecule has 1 aromatic carbocycles. The summed E-state index contributed by atoms with van der Waals surface area (Å²) in [4.78, 5) is 0. The highest BCUT2D eigenvalue weighted by atomic mass is 16.7. The molecule has 0 unspecified atom stereocenters. The number of aromatic hydroxyl groups is 1. The van der Waals surface area contributed by atoms with E-state index >= 15 is 0 Å². The van der Waals surface area contributed by atoms with Crippen LogP contribution in [0.2, 0.25) is 0 Å². The Morgan fingerprint density at radius 2 is 1.93 bits per heavy atom. The molecule has 0 saturated heterocycles. The summed E-state index contributed by atoms with van der Waals surface area (Å²) >= 11 is 0. The van der Waals surface area contributed by atoms with E-state index in [0.29, 0.717) is 12.3 Å². The van der Waals surface area contributed by atoms with E-state index in [1.807, 2.05) is 6.07 Å². The molecule has 1 aliphatic heterocycles. The van der Waals surface area contributed by atoms with Gasteiger partial charge in [-0.15, -0.1) is 0 Å². The lowest BCUT2D eigenvalue weighted by atomic mass is 10.1. The van der Waals surface area contributed by atoms with Crippen molar-refractivity contribution in [3.8, 4) is 17.2 Å². The zero-order valence-corrected chi connectivity index (χ0v) is 8.53. The molecule has 0 aromatic heterocycles. The predicted molar refractivity (Wildman–Crippen MR) is 56.2 cm³/mol. The molecule has 0 fully saturated rings. The van der Waals surface area contributed by atoms with E-state index in [1.165, 1.54) is 0 Å². The molecule has 4 heteroatoms. The summed E-state index contributed by atoms with van der Waals surface area (Å²) < 4.78 is 10.4. The summed E-state index contributed by atoms with van der Waals surface area (Å²) in [6.45, 7) is 0.923. The van der Waals surface area contributed by atoms with Crippen LogP contribution < -0.4 is 15.2 Å². The smallest absolute Gasteiger partial charge is 0.231 e. The van der Waals surface area contributed by atoms with Crippen LogP contribution in [0, 0.1) is 0 Å². The Balaban J connectivity index is 2.10. The average molecular weight is 209 g/mol. The lowest BCUT2D eigenvalue weighted by molar-refractivity contribution is 0.174. The zero-order chi connectivity index (χ0) is 10.7. The SMILES string of the molecule is NCCCCc1cc2c(cc1O)OCO2. The van der Waals surface area contributed by atoms with E-state index in [4.69, 9.17) is 15.2 Å². The van der Waals surface area contributed by atoms with Crippen LogP contribution in [-0.2, 0) is 6.42 Å². The highest BCUT2D eigenvalue weighted by Crippen LogP contribution is 2.37. The van der Waals surface area contributed by atoms with Crippen molar-refractivity contribution in [2.45, 2.75) is 19.3 Å². The van der Waals surface area contributed by atoms with Crippen LogP contribution in [0.5, 0.6) is 17.2 Å². The van der Waals surface area contributed by atoms with Crippen molar-refractivity contribution in [3.63, 3.8) is 0 Å². The number of aryl methyl sites for hydroxylation is 1. The van der Waals surface area contributed by atoms with Gasteiger partial charge in [0.1, 0.15) is 5.75 Å². The van der Waals surface area contributed by atoms with Crippen LogP contribution in [0.15, 0.2) is 12.1 Å². The third-order valence-corrected chi connectivity index (χ3v) is 2.47. The van der Waals surface area contributed by atoms with E-state index < -0.39 is 0 Å². The van der Waals surface area contributed by atoms with Crippen molar-refractivity contribution in [1.82, 2.24) is 0 Å². The third kappa shape index (κ3) is 2.15. The van der Waals surface area contributed by atoms with Gasteiger partial charge in [0, 0.05) is 6.07 Å². The van der Waals surface area contributed by atoms with Gasteiger partial charge in [-0.1, -0.05) is 0 Å². The van der Waals surface area contributed by atoms with Crippen LogP contribution in [0.1, 0.15) is 18.4 Å². The first kappa shape index (κ1) is 10.1. The molecular weight excluding hydrogens is 194 g/mol. The second-order valence-corrected chi connectivity index (χ2v) is 3.58. The van der Waals surface area contributed by atoms with Crippen molar-refractivity contribution in [2.75, 3.05) is 13.3 Å². The number of rotatable bonds is 4. The molecule has 0 saturated carbocycles. The van der Waals surface area contributed by atoms with Gasteiger partial charge in [-0.3, -0.25) is 0 Å². The Labute approximate surface area is 88.6 Å². The zero-order valence-electron chi connectivity index (χ0n) is 8.53. The molecule has 0 radical (unpaired) electrons. The number of phenols is 1. The molecule has 1 heterocycles. The van der Waals surface area contributed by atoms with Gasteiger partial charge in [0.25, 0.3) is 0 Å². The Hall–Kier alpha value is -1.42. The van der Waals surface area contributed by atoms with E-state index in [9.17, 15) is 5.11 Å². The number of nitrogens with two attached hydrogens (primary N) is 1.